The van der Waals surface area contributed by atoms with Crippen molar-refractivity contribution < 1.29 is 24.1 Å². The Morgan fingerprint density at radius 1 is 0.955 bits per heavy atom. The van der Waals surface area contributed by atoms with Crippen LogP contribution in [-0.2, 0) is 21.3 Å². The molecule has 2 aliphatic rings. The molecule has 236 valence electrons. The Labute approximate surface area is 260 Å². The molecule has 0 bridgehead atoms. The van der Waals surface area contributed by atoms with Gasteiger partial charge in [-0.2, -0.15) is 0 Å². The number of aliphatic hydroxyl groups excluding tert-OH is 1. The van der Waals surface area contributed by atoms with Crippen molar-refractivity contribution in [3.05, 3.63) is 55.0 Å². The number of hydrogen-bond acceptors (Lipinski definition) is 8. The number of aromatic nitrogens is 3. The molecule has 9 heteroatoms. The fraction of sp³-hybridized carbons (Fsp3) is 0.514. The summed E-state index contributed by atoms with van der Waals surface area (Å²) in [7, 11) is 2.10. The molecule has 1 saturated carbocycles. The Morgan fingerprint density at radius 3 is 2.50 bits per heavy atom. The summed E-state index contributed by atoms with van der Waals surface area (Å²) in [5, 5.41) is 11.8. The van der Waals surface area contributed by atoms with E-state index < -0.39 is 0 Å². The summed E-state index contributed by atoms with van der Waals surface area (Å²) >= 11 is 0. The van der Waals surface area contributed by atoms with Gasteiger partial charge in [0.2, 0.25) is 5.88 Å². The van der Waals surface area contributed by atoms with Crippen LogP contribution in [0.5, 0.6) is 5.88 Å². The SMILES string of the molecule is CCOC(=O)COCCCCCN1CCC(O)CC1.Cn1c2ccncc2c2ccc(-c3ccc(OC4CCC4)nc3)cc21. The maximum atomic E-state index is 11.0. The van der Waals surface area contributed by atoms with Crippen LogP contribution in [0.4, 0.5) is 0 Å². The number of ether oxygens (including phenoxy) is 3. The summed E-state index contributed by atoms with van der Waals surface area (Å²) < 4.78 is 18.1. The molecule has 1 saturated heterocycles. The molecule has 1 aliphatic carbocycles. The lowest BCUT2D eigenvalue weighted by molar-refractivity contribution is -0.148. The van der Waals surface area contributed by atoms with E-state index >= 15 is 0 Å². The Hall–Kier alpha value is -3.53. The van der Waals surface area contributed by atoms with E-state index in [4.69, 9.17) is 14.2 Å². The van der Waals surface area contributed by atoms with Gasteiger partial charge in [0.1, 0.15) is 12.7 Å². The maximum absolute atomic E-state index is 11.0. The van der Waals surface area contributed by atoms with E-state index in [-0.39, 0.29) is 18.7 Å². The maximum Gasteiger partial charge on any atom is 0.332 e. The number of pyridine rings is 2. The van der Waals surface area contributed by atoms with Crippen LogP contribution in [-0.4, -0.2) is 82.2 Å². The van der Waals surface area contributed by atoms with Gasteiger partial charge in [-0.25, -0.2) is 9.78 Å². The van der Waals surface area contributed by atoms with Crippen molar-refractivity contribution in [1.82, 2.24) is 19.4 Å². The fourth-order valence-corrected chi connectivity index (χ4v) is 5.73. The molecule has 0 spiro atoms. The van der Waals surface area contributed by atoms with Gasteiger partial charge in [0.15, 0.2) is 0 Å². The highest BCUT2D eigenvalue weighted by atomic mass is 16.6. The average Bonchev–Trinajstić information content (AvgIpc) is 3.31. The molecule has 2 fully saturated rings. The first-order valence-corrected chi connectivity index (χ1v) is 16.1. The van der Waals surface area contributed by atoms with Crippen LogP contribution in [0.3, 0.4) is 0 Å². The normalized spacial score (nSPS) is 16.0. The largest absolute Gasteiger partial charge is 0.474 e. The predicted octanol–water partition coefficient (Wildman–Crippen LogP) is 5.91. The number of rotatable bonds is 12. The Kier molecular flexibility index (Phi) is 11.6. The number of fused-ring (bicyclic) bond motifs is 3. The molecule has 4 heterocycles. The van der Waals surface area contributed by atoms with E-state index in [1.54, 1.807) is 6.92 Å². The summed E-state index contributed by atoms with van der Waals surface area (Å²) in [6.07, 6.45) is 14.6. The molecule has 44 heavy (non-hydrogen) atoms. The lowest BCUT2D eigenvalue weighted by atomic mass is 9.96. The van der Waals surface area contributed by atoms with Crippen LogP contribution in [0, 0.1) is 0 Å². The molecular formula is C35H46N4O5. The minimum atomic E-state index is -0.283. The quantitative estimate of drug-likeness (QED) is 0.158. The van der Waals surface area contributed by atoms with Crippen molar-refractivity contribution in [2.75, 3.05) is 39.5 Å². The third-order valence-corrected chi connectivity index (χ3v) is 8.56. The molecule has 0 atom stereocenters. The van der Waals surface area contributed by atoms with Crippen molar-refractivity contribution >= 4 is 27.8 Å². The van der Waals surface area contributed by atoms with Gasteiger partial charge >= 0.3 is 5.97 Å². The van der Waals surface area contributed by atoms with Crippen LogP contribution >= 0.6 is 0 Å². The van der Waals surface area contributed by atoms with Crippen molar-refractivity contribution in [2.24, 2.45) is 7.05 Å². The van der Waals surface area contributed by atoms with Gasteiger partial charge < -0.3 is 28.8 Å². The summed E-state index contributed by atoms with van der Waals surface area (Å²) in [5.41, 5.74) is 4.67. The number of unbranched alkanes of at least 4 members (excludes halogenated alkanes) is 2. The molecule has 0 unspecified atom stereocenters. The van der Waals surface area contributed by atoms with Crippen LogP contribution in [0.15, 0.2) is 55.0 Å². The van der Waals surface area contributed by atoms with E-state index in [0.717, 1.165) is 81.6 Å². The van der Waals surface area contributed by atoms with Crippen molar-refractivity contribution in [3.63, 3.8) is 0 Å². The highest BCUT2D eigenvalue weighted by molar-refractivity contribution is 6.08. The molecule has 1 aliphatic heterocycles. The first kappa shape index (κ1) is 31.9. The van der Waals surface area contributed by atoms with Gasteiger partial charge in [0.25, 0.3) is 0 Å². The third-order valence-electron chi connectivity index (χ3n) is 8.56. The summed E-state index contributed by atoms with van der Waals surface area (Å²) in [6, 6.07) is 12.7. The number of likely N-dealkylation sites (tertiary alicyclic amines) is 1. The minimum absolute atomic E-state index is 0.0673. The molecule has 6 rings (SSSR count). The smallest absolute Gasteiger partial charge is 0.332 e. The molecule has 1 N–H and O–H groups in total. The van der Waals surface area contributed by atoms with Crippen molar-refractivity contribution in [2.45, 2.75) is 70.5 Å². The first-order valence-electron chi connectivity index (χ1n) is 16.1. The summed E-state index contributed by atoms with van der Waals surface area (Å²) in [4.78, 5) is 22.1. The fourth-order valence-electron chi connectivity index (χ4n) is 5.73. The summed E-state index contributed by atoms with van der Waals surface area (Å²) in [6.45, 7) is 6.02. The van der Waals surface area contributed by atoms with Crippen LogP contribution in [0.25, 0.3) is 32.9 Å². The molecule has 1 aromatic carbocycles. The van der Waals surface area contributed by atoms with Crippen LogP contribution in [0.1, 0.15) is 58.3 Å². The van der Waals surface area contributed by atoms with Gasteiger partial charge in [0.05, 0.1) is 18.2 Å². The second kappa shape index (κ2) is 16.0. The van der Waals surface area contributed by atoms with Crippen LogP contribution < -0.4 is 4.74 Å². The molecule has 0 radical (unpaired) electrons. The average molecular weight is 603 g/mol. The number of benzene rings is 1. The van der Waals surface area contributed by atoms with Crippen molar-refractivity contribution in [3.8, 4) is 17.0 Å². The zero-order valence-corrected chi connectivity index (χ0v) is 26.1. The van der Waals surface area contributed by atoms with E-state index in [2.05, 4.69) is 56.8 Å². The highest BCUT2D eigenvalue weighted by Crippen LogP contribution is 2.32. The number of carbonyl (C=O) groups is 1. The molecule has 3 aromatic heterocycles. The van der Waals surface area contributed by atoms with Gasteiger partial charge in [0, 0.05) is 73.3 Å². The van der Waals surface area contributed by atoms with Gasteiger partial charge in [-0.3, -0.25) is 4.98 Å². The third kappa shape index (κ3) is 8.55. The molecule has 4 aromatic rings. The molecular weight excluding hydrogens is 556 g/mol. The predicted molar refractivity (Wildman–Crippen MR) is 173 cm³/mol. The number of carbonyl (C=O) groups excluding carboxylic acids is 1. The van der Waals surface area contributed by atoms with Crippen LogP contribution in [0.2, 0.25) is 0 Å². The zero-order chi connectivity index (χ0) is 30.7. The minimum Gasteiger partial charge on any atom is -0.474 e. The van der Waals surface area contributed by atoms with Crippen molar-refractivity contribution in [1.29, 1.82) is 0 Å². The lowest BCUT2D eigenvalue weighted by Gasteiger charge is -2.29. The lowest BCUT2D eigenvalue weighted by Crippen LogP contribution is -2.36. The monoisotopic (exact) mass is 602 g/mol. The highest BCUT2D eigenvalue weighted by Gasteiger charge is 2.19. The Balaban J connectivity index is 0.000000183. The Bertz CT molecular complexity index is 1480. The number of aryl methyl sites for hydroxylation is 1. The van der Waals surface area contributed by atoms with E-state index in [9.17, 15) is 9.90 Å². The Morgan fingerprint density at radius 2 is 1.77 bits per heavy atom. The van der Waals surface area contributed by atoms with Gasteiger partial charge in [-0.05, 0) is 88.6 Å². The van der Waals surface area contributed by atoms with Gasteiger partial charge in [-0.15, -0.1) is 0 Å². The van der Waals surface area contributed by atoms with E-state index in [1.165, 1.54) is 28.2 Å². The summed E-state index contributed by atoms with van der Waals surface area (Å²) in [5.74, 6) is 0.444. The van der Waals surface area contributed by atoms with Gasteiger partial charge in [-0.1, -0.05) is 12.1 Å². The topological polar surface area (TPSA) is 98.9 Å². The number of esters is 1. The zero-order valence-electron chi connectivity index (χ0n) is 26.1. The second-order valence-electron chi connectivity index (χ2n) is 11.7. The number of piperidine rings is 1. The second-order valence-corrected chi connectivity index (χ2v) is 11.7. The van der Waals surface area contributed by atoms with E-state index in [1.807, 2.05) is 24.7 Å². The molecule has 0 amide bonds. The number of aliphatic hydroxyl groups is 1. The standard InChI is InChI=1S/C21H19N3O.C14H27NO4/c1-24-19-9-10-22-13-18(19)17-7-5-14(11-20(17)24)15-6-8-21(23-12-15)25-16-3-2-4-16;1-2-19-14(17)12-18-11-5-3-4-8-15-9-6-13(16)7-10-15/h5-13,16H,2-4H2,1H3;13,16H,2-12H2,1H3. The number of nitrogens with zero attached hydrogens (tertiary/aromatic N) is 4. The molecule has 9 nitrogen and oxygen atoms in total. The first-order chi connectivity index (χ1) is 21.5. The number of hydrogen-bond donors (Lipinski definition) is 1. The van der Waals surface area contributed by atoms with E-state index in [0.29, 0.717) is 19.3 Å².